The molecule has 0 radical (unpaired) electrons. The Morgan fingerprint density at radius 2 is 1.73 bits per heavy atom. The molecule has 0 saturated carbocycles. The van der Waals surface area contributed by atoms with E-state index in [9.17, 15) is 9.59 Å². The molecule has 2 aromatic carbocycles. The second-order valence-electron chi connectivity index (χ2n) is 7.17. The van der Waals surface area contributed by atoms with Crippen molar-refractivity contribution in [3.8, 4) is 0 Å². The van der Waals surface area contributed by atoms with Gasteiger partial charge in [-0.15, -0.1) is 11.8 Å². The predicted molar refractivity (Wildman–Crippen MR) is 127 cm³/mol. The SMILES string of the molecule is CCCNC(=O)C(C)N(Cc1ccc(C)cc1)C(=O)CSCc1c(Cl)cccc1Cl. The molecule has 30 heavy (non-hydrogen) atoms. The molecule has 0 aliphatic rings. The van der Waals surface area contributed by atoms with E-state index in [0.29, 0.717) is 28.9 Å². The third-order valence-electron chi connectivity index (χ3n) is 4.72. The van der Waals surface area contributed by atoms with Gasteiger partial charge in [-0.05, 0) is 43.5 Å². The molecule has 7 heteroatoms. The first-order valence-electron chi connectivity index (χ1n) is 9.96. The lowest BCUT2D eigenvalue weighted by molar-refractivity contribution is -0.138. The van der Waals surface area contributed by atoms with Crippen molar-refractivity contribution in [1.82, 2.24) is 10.2 Å². The Bertz CT molecular complexity index is 839. The monoisotopic (exact) mass is 466 g/mol. The average Bonchev–Trinajstić information content (AvgIpc) is 2.73. The van der Waals surface area contributed by atoms with Gasteiger partial charge in [-0.25, -0.2) is 0 Å². The molecule has 1 atom stereocenters. The van der Waals surface area contributed by atoms with Crippen LogP contribution in [0.4, 0.5) is 0 Å². The predicted octanol–water partition coefficient (Wildman–Crippen LogP) is 5.48. The normalized spacial score (nSPS) is 11.8. The fourth-order valence-corrected chi connectivity index (χ4v) is 4.51. The van der Waals surface area contributed by atoms with E-state index in [-0.39, 0.29) is 17.6 Å². The van der Waals surface area contributed by atoms with Gasteiger partial charge in [-0.3, -0.25) is 9.59 Å². The molecule has 0 aliphatic carbocycles. The molecular weight excluding hydrogens is 439 g/mol. The Balaban J connectivity index is 2.08. The molecule has 0 heterocycles. The largest absolute Gasteiger partial charge is 0.354 e. The van der Waals surface area contributed by atoms with Gasteiger partial charge in [0.25, 0.3) is 0 Å². The first-order chi connectivity index (χ1) is 14.3. The summed E-state index contributed by atoms with van der Waals surface area (Å²) in [4.78, 5) is 27.2. The lowest BCUT2D eigenvalue weighted by Crippen LogP contribution is -2.48. The van der Waals surface area contributed by atoms with Crippen LogP contribution >= 0.6 is 35.0 Å². The lowest BCUT2D eigenvalue weighted by Gasteiger charge is -2.29. The van der Waals surface area contributed by atoms with Crippen LogP contribution in [0, 0.1) is 6.92 Å². The average molecular weight is 467 g/mol. The van der Waals surface area contributed by atoms with Crippen LogP contribution in [0.5, 0.6) is 0 Å². The van der Waals surface area contributed by atoms with Crippen molar-refractivity contribution >= 4 is 46.8 Å². The first-order valence-corrected chi connectivity index (χ1v) is 11.9. The van der Waals surface area contributed by atoms with Crippen LogP contribution in [0.3, 0.4) is 0 Å². The van der Waals surface area contributed by atoms with E-state index in [1.807, 2.05) is 38.1 Å². The van der Waals surface area contributed by atoms with Gasteiger partial charge >= 0.3 is 0 Å². The van der Waals surface area contributed by atoms with Crippen molar-refractivity contribution < 1.29 is 9.59 Å². The second kappa shape index (κ2) is 12.2. The summed E-state index contributed by atoms with van der Waals surface area (Å²) in [5, 5.41) is 4.06. The highest BCUT2D eigenvalue weighted by Gasteiger charge is 2.26. The zero-order valence-corrected chi connectivity index (χ0v) is 19.9. The Labute approximate surface area is 193 Å². The zero-order chi connectivity index (χ0) is 22.1. The number of benzene rings is 2. The number of hydrogen-bond acceptors (Lipinski definition) is 3. The summed E-state index contributed by atoms with van der Waals surface area (Å²) in [6, 6.07) is 12.8. The van der Waals surface area contributed by atoms with Gasteiger partial charge in [0.05, 0.1) is 5.75 Å². The molecule has 0 aromatic heterocycles. The molecule has 0 spiro atoms. The van der Waals surface area contributed by atoms with Crippen LogP contribution in [0.2, 0.25) is 10.0 Å². The number of nitrogens with zero attached hydrogens (tertiary/aromatic N) is 1. The zero-order valence-electron chi connectivity index (χ0n) is 17.6. The van der Waals surface area contributed by atoms with Crippen LogP contribution in [-0.2, 0) is 21.9 Å². The van der Waals surface area contributed by atoms with Crippen LogP contribution < -0.4 is 5.32 Å². The summed E-state index contributed by atoms with van der Waals surface area (Å²) in [5.41, 5.74) is 2.96. The molecule has 162 valence electrons. The standard InChI is InChI=1S/C23H28Cl2N2O2S/c1-4-12-26-23(29)17(3)27(13-18-10-8-16(2)9-11-18)22(28)15-30-14-19-20(24)6-5-7-21(19)25/h5-11,17H,4,12-15H2,1-3H3,(H,26,29). The first kappa shape index (κ1) is 24.6. The van der Waals surface area contributed by atoms with Gasteiger partial charge in [0.1, 0.15) is 6.04 Å². The van der Waals surface area contributed by atoms with Crippen LogP contribution in [0.25, 0.3) is 0 Å². The summed E-state index contributed by atoms with van der Waals surface area (Å²) in [7, 11) is 0. The Kier molecular flexibility index (Phi) is 10.0. The smallest absolute Gasteiger partial charge is 0.242 e. The Morgan fingerprint density at radius 1 is 1.10 bits per heavy atom. The number of carbonyl (C=O) groups is 2. The van der Waals surface area contributed by atoms with Crippen molar-refractivity contribution in [3.63, 3.8) is 0 Å². The highest BCUT2D eigenvalue weighted by molar-refractivity contribution is 7.99. The van der Waals surface area contributed by atoms with Crippen molar-refractivity contribution in [2.75, 3.05) is 12.3 Å². The summed E-state index contributed by atoms with van der Waals surface area (Å²) >= 11 is 13.9. The van der Waals surface area contributed by atoms with E-state index in [4.69, 9.17) is 23.2 Å². The number of hydrogen-bond donors (Lipinski definition) is 1. The third kappa shape index (κ3) is 7.22. The van der Waals surface area contributed by atoms with Gasteiger partial charge in [0.15, 0.2) is 0 Å². The Morgan fingerprint density at radius 3 is 2.33 bits per heavy atom. The third-order valence-corrected chi connectivity index (χ3v) is 6.38. The minimum Gasteiger partial charge on any atom is -0.354 e. The van der Waals surface area contributed by atoms with Gasteiger partial charge in [0.2, 0.25) is 11.8 Å². The summed E-state index contributed by atoms with van der Waals surface area (Å²) in [6.07, 6.45) is 0.846. The van der Waals surface area contributed by atoms with Gasteiger partial charge in [-0.1, -0.05) is 66.0 Å². The minimum atomic E-state index is -0.560. The number of amides is 2. The lowest BCUT2D eigenvalue weighted by atomic mass is 10.1. The number of carbonyl (C=O) groups excluding carboxylic acids is 2. The number of thioether (sulfide) groups is 1. The maximum Gasteiger partial charge on any atom is 0.242 e. The molecule has 0 aliphatic heterocycles. The minimum absolute atomic E-state index is 0.0945. The summed E-state index contributed by atoms with van der Waals surface area (Å²) in [5.74, 6) is 0.525. The highest BCUT2D eigenvalue weighted by atomic mass is 35.5. The van der Waals surface area contributed by atoms with Crippen molar-refractivity contribution in [2.45, 2.75) is 45.5 Å². The van der Waals surface area contributed by atoms with E-state index in [1.54, 1.807) is 30.0 Å². The van der Waals surface area contributed by atoms with Crippen LogP contribution in [0.15, 0.2) is 42.5 Å². The highest BCUT2D eigenvalue weighted by Crippen LogP contribution is 2.28. The molecule has 1 unspecified atom stereocenters. The number of nitrogens with one attached hydrogen (secondary N) is 1. The summed E-state index contributed by atoms with van der Waals surface area (Å²) < 4.78 is 0. The molecule has 2 aromatic rings. The maximum atomic E-state index is 13.1. The summed E-state index contributed by atoms with van der Waals surface area (Å²) in [6.45, 7) is 6.76. The molecule has 1 N–H and O–H groups in total. The molecular formula is C23H28Cl2N2O2S. The number of rotatable bonds is 10. The topological polar surface area (TPSA) is 49.4 Å². The molecule has 0 saturated heterocycles. The van der Waals surface area contributed by atoms with E-state index in [0.717, 1.165) is 23.1 Å². The van der Waals surface area contributed by atoms with E-state index >= 15 is 0 Å². The van der Waals surface area contributed by atoms with Crippen LogP contribution in [-0.4, -0.2) is 35.1 Å². The maximum absolute atomic E-state index is 13.1. The molecule has 0 bridgehead atoms. The fraction of sp³-hybridized carbons (Fsp3) is 0.391. The van der Waals surface area contributed by atoms with Gasteiger partial charge < -0.3 is 10.2 Å². The Hall–Kier alpha value is -1.69. The quantitative estimate of drug-likeness (QED) is 0.504. The van der Waals surface area contributed by atoms with Crippen LogP contribution in [0.1, 0.15) is 37.0 Å². The fourth-order valence-electron chi connectivity index (χ4n) is 2.86. The molecule has 2 rings (SSSR count). The number of halogens is 2. The number of aryl methyl sites for hydroxylation is 1. The van der Waals surface area contributed by atoms with Crippen molar-refractivity contribution in [1.29, 1.82) is 0 Å². The van der Waals surface area contributed by atoms with E-state index < -0.39 is 6.04 Å². The molecule has 0 fully saturated rings. The molecule has 4 nitrogen and oxygen atoms in total. The van der Waals surface area contributed by atoms with Gasteiger partial charge in [-0.2, -0.15) is 0 Å². The second-order valence-corrected chi connectivity index (χ2v) is 8.97. The van der Waals surface area contributed by atoms with Crippen molar-refractivity contribution in [3.05, 3.63) is 69.2 Å². The van der Waals surface area contributed by atoms with Gasteiger partial charge in [0, 0.05) is 28.9 Å². The van der Waals surface area contributed by atoms with Crippen molar-refractivity contribution in [2.24, 2.45) is 0 Å². The van der Waals surface area contributed by atoms with E-state index in [2.05, 4.69) is 5.32 Å². The molecule has 2 amide bonds. The van der Waals surface area contributed by atoms with E-state index in [1.165, 1.54) is 11.8 Å².